The molecule has 0 amide bonds. The SMILES string of the molecule is c1ncn(CC2CCSCC2)c1C1CNCCO1. The smallest absolute Gasteiger partial charge is 0.111 e. The highest BCUT2D eigenvalue weighted by Crippen LogP contribution is 2.26. The zero-order valence-electron chi connectivity index (χ0n) is 10.7. The molecule has 5 heteroatoms. The maximum Gasteiger partial charge on any atom is 0.111 e. The second-order valence-electron chi connectivity index (χ2n) is 5.09. The Bertz CT molecular complexity index is 370. The van der Waals surface area contributed by atoms with Crippen molar-refractivity contribution in [1.29, 1.82) is 0 Å². The maximum absolute atomic E-state index is 5.82. The minimum Gasteiger partial charge on any atom is -0.369 e. The van der Waals surface area contributed by atoms with E-state index in [4.69, 9.17) is 4.74 Å². The number of nitrogens with zero attached hydrogens (tertiary/aromatic N) is 2. The molecule has 3 heterocycles. The lowest BCUT2D eigenvalue weighted by Gasteiger charge is -2.27. The summed E-state index contributed by atoms with van der Waals surface area (Å²) in [6.45, 7) is 3.78. The monoisotopic (exact) mass is 267 g/mol. The van der Waals surface area contributed by atoms with Crippen LogP contribution in [-0.2, 0) is 11.3 Å². The van der Waals surface area contributed by atoms with Crippen molar-refractivity contribution < 1.29 is 4.74 Å². The molecular formula is C13H21N3OS. The molecule has 18 heavy (non-hydrogen) atoms. The van der Waals surface area contributed by atoms with Gasteiger partial charge in [-0.3, -0.25) is 0 Å². The summed E-state index contributed by atoms with van der Waals surface area (Å²) in [5.74, 6) is 3.45. The first-order valence-electron chi connectivity index (χ1n) is 6.83. The highest BCUT2D eigenvalue weighted by molar-refractivity contribution is 7.99. The van der Waals surface area contributed by atoms with Crippen LogP contribution >= 0.6 is 11.8 Å². The van der Waals surface area contributed by atoms with Gasteiger partial charge in [-0.25, -0.2) is 4.98 Å². The number of hydrogen-bond donors (Lipinski definition) is 1. The molecular weight excluding hydrogens is 246 g/mol. The topological polar surface area (TPSA) is 39.1 Å². The molecule has 3 rings (SSSR count). The third-order valence-corrected chi connectivity index (χ3v) is 4.85. The molecule has 100 valence electrons. The summed E-state index contributed by atoms with van der Waals surface area (Å²) in [6, 6.07) is 0. The highest BCUT2D eigenvalue weighted by atomic mass is 32.2. The van der Waals surface area contributed by atoms with Gasteiger partial charge in [0.15, 0.2) is 0 Å². The van der Waals surface area contributed by atoms with Crippen LogP contribution in [0.1, 0.15) is 24.6 Å². The molecule has 2 aliphatic heterocycles. The van der Waals surface area contributed by atoms with E-state index in [0.717, 1.165) is 32.2 Å². The van der Waals surface area contributed by atoms with E-state index in [2.05, 4.69) is 26.6 Å². The van der Waals surface area contributed by atoms with Crippen molar-refractivity contribution in [2.45, 2.75) is 25.5 Å². The predicted octanol–water partition coefficient (Wildman–Crippen LogP) is 1.69. The van der Waals surface area contributed by atoms with Crippen molar-refractivity contribution in [3.8, 4) is 0 Å². The molecule has 2 fully saturated rings. The summed E-state index contributed by atoms with van der Waals surface area (Å²) in [5.41, 5.74) is 1.24. The van der Waals surface area contributed by atoms with Crippen LogP contribution in [0.4, 0.5) is 0 Å². The summed E-state index contributed by atoms with van der Waals surface area (Å²) >= 11 is 2.08. The molecule has 0 aliphatic carbocycles. The van der Waals surface area contributed by atoms with Gasteiger partial charge in [-0.1, -0.05) is 0 Å². The van der Waals surface area contributed by atoms with E-state index in [1.165, 1.54) is 30.0 Å². The molecule has 1 aromatic heterocycles. The van der Waals surface area contributed by atoms with E-state index in [-0.39, 0.29) is 6.10 Å². The number of thioether (sulfide) groups is 1. The van der Waals surface area contributed by atoms with Gasteiger partial charge >= 0.3 is 0 Å². The van der Waals surface area contributed by atoms with Crippen molar-refractivity contribution in [3.63, 3.8) is 0 Å². The van der Waals surface area contributed by atoms with Gasteiger partial charge < -0.3 is 14.6 Å². The molecule has 1 aromatic rings. The Morgan fingerprint density at radius 2 is 2.33 bits per heavy atom. The Labute approximate surface area is 112 Å². The van der Waals surface area contributed by atoms with Crippen LogP contribution < -0.4 is 5.32 Å². The molecule has 1 unspecified atom stereocenters. The van der Waals surface area contributed by atoms with Crippen LogP contribution in [0.2, 0.25) is 0 Å². The fourth-order valence-corrected chi connectivity index (χ4v) is 3.92. The minimum absolute atomic E-state index is 0.180. The maximum atomic E-state index is 5.82. The molecule has 0 aromatic carbocycles. The number of aromatic nitrogens is 2. The van der Waals surface area contributed by atoms with Crippen LogP contribution in [0.5, 0.6) is 0 Å². The van der Waals surface area contributed by atoms with Gasteiger partial charge in [0, 0.05) is 19.6 Å². The second kappa shape index (κ2) is 6.08. The Morgan fingerprint density at radius 3 is 3.11 bits per heavy atom. The number of imidazole rings is 1. The average molecular weight is 267 g/mol. The van der Waals surface area contributed by atoms with Gasteiger partial charge in [-0.05, 0) is 30.3 Å². The number of hydrogen-bond acceptors (Lipinski definition) is 4. The van der Waals surface area contributed by atoms with Crippen molar-refractivity contribution in [2.24, 2.45) is 5.92 Å². The zero-order valence-corrected chi connectivity index (χ0v) is 11.5. The molecule has 2 saturated heterocycles. The number of ether oxygens (including phenoxy) is 1. The molecule has 0 spiro atoms. The molecule has 4 nitrogen and oxygen atoms in total. The van der Waals surface area contributed by atoms with Crippen LogP contribution in [0.15, 0.2) is 12.5 Å². The van der Waals surface area contributed by atoms with Crippen molar-refractivity contribution in [3.05, 3.63) is 18.2 Å². The first-order valence-corrected chi connectivity index (χ1v) is 7.99. The molecule has 1 N–H and O–H groups in total. The molecule has 0 bridgehead atoms. The lowest BCUT2D eigenvalue weighted by molar-refractivity contribution is 0.0223. The molecule has 2 aliphatic rings. The number of rotatable bonds is 3. The lowest BCUT2D eigenvalue weighted by atomic mass is 10.0. The second-order valence-corrected chi connectivity index (χ2v) is 6.31. The average Bonchev–Trinajstić information content (AvgIpc) is 2.89. The minimum atomic E-state index is 0.180. The third kappa shape index (κ3) is 2.90. The Hall–Kier alpha value is -0.520. The van der Waals surface area contributed by atoms with Crippen molar-refractivity contribution in [1.82, 2.24) is 14.9 Å². The summed E-state index contributed by atoms with van der Waals surface area (Å²) in [5, 5.41) is 3.38. The van der Waals surface area contributed by atoms with Gasteiger partial charge in [0.25, 0.3) is 0 Å². The Balaban J connectivity index is 1.66. The van der Waals surface area contributed by atoms with Crippen LogP contribution in [0, 0.1) is 5.92 Å². The van der Waals surface area contributed by atoms with Gasteiger partial charge in [-0.15, -0.1) is 0 Å². The Kier molecular flexibility index (Phi) is 4.23. The quantitative estimate of drug-likeness (QED) is 0.904. The highest BCUT2D eigenvalue weighted by Gasteiger charge is 2.21. The van der Waals surface area contributed by atoms with Crippen LogP contribution in [-0.4, -0.2) is 40.8 Å². The van der Waals surface area contributed by atoms with Gasteiger partial charge in [0.1, 0.15) is 6.10 Å². The van der Waals surface area contributed by atoms with E-state index in [0.29, 0.717) is 0 Å². The standard InChI is InChI=1S/C13H21N3OS/c1-5-18-6-2-11(1)9-16-10-15-7-12(16)13-8-14-3-4-17-13/h7,10-11,13-14H,1-6,8-9H2. The van der Waals surface area contributed by atoms with E-state index >= 15 is 0 Å². The fourth-order valence-electron chi connectivity index (χ4n) is 2.71. The van der Waals surface area contributed by atoms with Crippen LogP contribution in [0.25, 0.3) is 0 Å². The normalized spacial score (nSPS) is 26.3. The molecule has 0 saturated carbocycles. The summed E-state index contributed by atoms with van der Waals surface area (Å²) < 4.78 is 8.13. The number of nitrogens with one attached hydrogen (secondary N) is 1. The lowest BCUT2D eigenvalue weighted by Crippen LogP contribution is -2.34. The zero-order chi connectivity index (χ0) is 12.2. The largest absolute Gasteiger partial charge is 0.369 e. The Morgan fingerprint density at radius 1 is 1.44 bits per heavy atom. The first kappa shape index (κ1) is 12.5. The van der Waals surface area contributed by atoms with E-state index in [9.17, 15) is 0 Å². The molecule has 1 atom stereocenters. The first-order chi connectivity index (χ1) is 8.93. The molecule has 0 radical (unpaired) electrons. The summed E-state index contributed by atoms with van der Waals surface area (Å²) in [7, 11) is 0. The van der Waals surface area contributed by atoms with E-state index < -0.39 is 0 Å². The fraction of sp³-hybridized carbons (Fsp3) is 0.769. The van der Waals surface area contributed by atoms with Gasteiger partial charge in [0.05, 0.1) is 24.8 Å². The predicted molar refractivity (Wildman–Crippen MR) is 73.8 cm³/mol. The van der Waals surface area contributed by atoms with Crippen molar-refractivity contribution >= 4 is 11.8 Å². The van der Waals surface area contributed by atoms with Gasteiger partial charge in [0.2, 0.25) is 0 Å². The third-order valence-electron chi connectivity index (χ3n) is 3.80. The van der Waals surface area contributed by atoms with E-state index in [1.54, 1.807) is 0 Å². The summed E-state index contributed by atoms with van der Waals surface area (Å²) in [4.78, 5) is 4.31. The summed E-state index contributed by atoms with van der Waals surface area (Å²) in [6.07, 6.45) is 6.79. The van der Waals surface area contributed by atoms with Crippen LogP contribution in [0.3, 0.4) is 0 Å². The van der Waals surface area contributed by atoms with E-state index in [1.807, 2.05) is 12.5 Å². The number of morpholine rings is 1. The van der Waals surface area contributed by atoms with Crippen molar-refractivity contribution in [2.75, 3.05) is 31.2 Å². The van der Waals surface area contributed by atoms with Gasteiger partial charge in [-0.2, -0.15) is 11.8 Å².